The van der Waals surface area contributed by atoms with Gasteiger partial charge in [0, 0.05) is 24.9 Å². The van der Waals surface area contributed by atoms with E-state index in [1.54, 1.807) is 0 Å². The molecule has 0 aliphatic carbocycles. The van der Waals surface area contributed by atoms with Gasteiger partial charge in [-0.25, -0.2) is 0 Å². The Morgan fingerprint density at radius 2 is 1.79 bits per heavy atom. The lowest BCUT2D eigenvalue weighted by Crippen LogP contribution is -1.90. The fraction of sp³-hybridized carbons (Fsp3) is 0.200. The highest BCUT2D eigenvalue weighted by molar-refractivity contribution is 6.03. The lowest BCUT2D eigenvalue weighted by Gasteiger charge is -1.97. The van der Waals surface area contributed by atoms with Crippen LogP contribution in [0, 0.1) is 0 Å². The van der Waals surface area contributed by atoms with Gasteiger partial charge in [-0.3, -0.25) is 9.36 Å². The van der Waals surface area contributed by atoms with Gasteiger partial charge in [-0.15, -0.1) is 0 Å². The molecule has 0 bridgehead atoms. The maximum atomic E-state index is 4.24. The van der Waals surface area contributed by atoms with Crippen molar-refractivity contribution in [3.05, 3.63) is 24.5 Å². The molecular weight excluding hydrogens is 176 g/mol. The molecule has 0 saturated heterocycles. The van der Waals surface area contributed by atoms with E-state index in [1.807, 2.05) is 35.9 Å². The van der Waals surface area contributed by atoms with Crippen LogP contribution in [0.25, 0.3) is 21.8 Å². The highest BCUT2D eigenvalue weighted by Gasteiger charge is 2.07. The van der Waals surface area contributed by atoms with Crippen molar-refractivity contribution in [1.82, 2.24) is 19.6 Å². The fourth-order valence-corrected chi connectivity index (χ4v) is 1.90. The van der Waals surface area contributed by atoms with Gasteiger partial charge in [0.1, 0.15) is 0 Å². The average Bonchev–Trinajstić information content (AvgIpc) is 2.72. The quantitative estimate of drug-likeness (QED) is 0.533. The molecule has 0 N–H and O–H groups in total. The van der Waals surface area contributed by atoms with E-state index in [0.29, 0.717) is 0 Å². The van der Waals surface area contributed by atoms with Crippen LogP contribution in [0.5, 0.6) is 0 Å². The molecule has 2 aromatic heterocycles. The monoisotopic (exact) mass is 186 g/mol. The van der Waals surface area contributed by atoms with Gasteiger partial charge in [-0.05, 0) is 12.1 Å². The van der Waals surface area contributed by atoms with E-state index in [-0.39, 0.29) is 0 Å². The molecule has 0 amide bonds. The van der Waals surface area contributed by atoms with Gasteiger partial charge in [0.05, 0.1) is 23.4 Å². The van der Waals surface area contributed by atoms with Crippen molar-refractivity contribution in [2.24, 2.45) is 14.1 Å². The number of benzene rings is 1. The maximum absolute atomic E-state index is 4.24. The van der Waals surface area contributed by atoms with Gasteiger partial charge < -0.3 is 0 Å². The minimum absolute atomic E-state index is 1.14. The van der Waals surface area contributed by atoms with E-state index in [2.05, 4.69) is 22.3 Å². The van der Waals surface area contributed by atoms with E-state index in [0.717, 1.165) is 21.8 Å². The lowest BCUT2D eigenvalue weighted by atomic mass is 10.2. The van der Waals surface area contributed by atoms with Gasteiger partial charge in [0.15, 0.2) is 0 Å². The molecule has 0 unspecified atom stereocenters. The second kappa shape index (κ2) is 2.35. The third kappa shape index (κ3) is 0.775. The van der Waals surface area contributed by atoms with Crippen LogP contribution in [0.4, 0.5) is 0 Å². The van der Waals surface area contributed by atoms with Gasteiger partial charge in [0.25, 0.3) is 0 Å². The van der Waals surface area contributed by atoms with Crippen LogP contribution in [0.15, 0.2) is 24.5 Å². The zero-order valence-electron chi connectivity index (χ0n) is 8.10. The Morgan fingerprint density at radius 3 is 2.64 bits per heavy atom. The summed E-state index contributed by atoms with van der Waals surface area (Å²) in [5.74, 6) is 0. The summed E-state index contributed by atoms with van der Waals surface area (Å²) in [5.41, 5.74) is 2.29. The van der Waals surface area contributed by atoms with Crippen LogP contribution in [0.2, 0.25) is 0 Å². The first kappa shape index (κ1) is 7.55. The van der Waals surface area contributed by atoms with Crippen molar-refractivity contribution < 1.29 is 0 Å². The highest BCUT2D eigenvalue weighted by atomic mass is 15.3. The van der Waals surface area contributed by atoms with Crippen LogP contribution >= 0.6 is 0 Å². The minimum atomic E-state index is 1.14. The van der Waals surface area contributed by atoms with Crippen LogP contribution in [0.1, 0.15) is 0 Å². The Bertz CT molecular complexity index is 617. The largest absolute Gasteiger partial charge is 0.268 e. The first-order chi connectivity index (χ1) is 6.77. The molecule has 0 spiro atoms. The van der Waals surface area contributed by atoms with Crippen LogP contribution < -0.4 is 0 Å². The number of aryl methyl sites for hydroxylation is 2. The third-order valence-electron chi connectivity index (χ3n) is 2.63. The molecule has 0 aliphatic heterocycles. The molecule has 2 heterocycles. The first-order valence-corrected chi connectivity index (χ1v) is 4.50. The van der Waals surface area contributed by atoms with Crippen LogP contribution in [-0.4, -0.2) is 19.6 Å². The lowest BCUT2D eigenvalue weighted by molar-refractivity contribution is 0.797. The van der Waals surface area contributed by atoms with Crippen LogP contribution in [-0.2, 0) is 14.1 Å². The van der Waals surface area contributed by atoms with Crippen molar-refractivity contribution in [1.29, 1.82) is 0 Å². The zero-order chi connectivity index (χ0) is 9.71. The number of fused-ring (bicyclic) bond motifs is 3. The molecule has 0 fully saturated rings. The van der Waals surface area contributed by atoms with Gasteiger partial charge in [-0.2, -0.15) is 10.2 Å². The molecule has 0 saturated carbocycles. The van der Waals surface area contributed by atoms with E-state index in [9.17, 15) is 0 Å². The standard InChI is InChI=1S/C10H10N4/c1-13-9-4-3-7-5-11-14(2)10(7)8(9)6-12-13/h3-6H,1-2H3. The molecule has 3 aromatic rings. The Kier molecular flexibility index (Phi) is 1.27. The molecule has 14 heavy (non-hydrogen) atoms. The zero-order valence-corrected chi connectivity index (χ0v) is 8.10. The molecule has 0 atom stereocenters. The highest BCUT2D eigenvalue weighted by Crippen LogP contribution is 2.23. The summed E-state index contributed by atoms with van der Waals surface area (Å²) in [7, 11) is 3.90. The van der Waals surface area contributed by atoms with Crippen molar-refractivity contribution in [3.63, 3.8) is 0 Å². The van der Waals surface area contributed by atoms with Crippen molar-refractivity contribution in [2.45, 2.75) is 0 Å². The predicted molar refractivity (Wildman–Crippen MR) is 55.0 cm³/mol. The van der Waals surface area contributed by atoms with Crippen molar-refractivity contribution >= 4 is 21.8 Å². The van der Waals surface area contributed by atoms with E-state index >= 15 is 0 Å². The molecule has 0 radical (unpaired) electrons. The van der Waals surface area contributed by atoms with Crippen molar-refractivity contribution in [3.8, 4) is 0 Å². The molecule has 3 rings (SSSR count). The Morgan fingerprint density at radius 1 is 1.00 bits per heavy atom. The second-order valence-corrected chi connectivity index (χ2v) is 3.47. The average molecular weight is 186 g/mol. The summed E-state index contributed by atoms with van der Waals surface area (Å²) in [5, 5.41) is 10.8. The van der Waals surface area contributed by atoms with E-state index in [1.165, 1.54) is 0 Å². The Labute approximate surface area is 80.7 Å². The Balaban J connectivity index is 2.66. The molecule has 4 heteroatoms. The number of nitrogens with zero attached hydrogens (tertiary/aromatic N) is 4. The topological polar surface area (TPSA) is 35.6 Å². The summed E-state index contributed by atoms with van der Waals surface area (Å²) in [6.07, 6.45) is 3.76. The fourth-order valence-electron chi connectivity index (χ4n) is 1.90. The normalized spacial score (nSPS) is 11.6. The van der Waals surface area contributed by atoms with E-state index in [4.69, 9.17) is 0 Å². The molecule has 4 nitrogen and oxygen atoms in total. The third-order valence-corrected chi connectivity index (χ3v) is 2.63. The number of rotatable bonds is 0. The number of hydrogen-bond acceptors (Lipinski definition) is 2. The predicted octanol–water partition coefficient (Wildman–Crippen LogP) is 1.46. The number of hydrogen-bond donors (Lipinski definition) is 0. The van der Waals surface area contributed by atoms with Crippen LogP contribution in [0.3, 0.4) is 0 Å². The molecule has 1 aromatic carbocycles. The van der Waals surface area contributed by atoms with Gasteiger partial charge in [-0.1, -0.05) is 0 Å². The Hall–Kier alpha value is -1.84. The smallest absolute Gasteiger partial charge is 0.0789 e. The summed E-state index contributed by atoms with van der Waals surface area (Å²) in [6.45, 7) is 0. The van der Waals surface area contributed by atoms with E-state index < -0.39 is 0 Å². The second-order valence-electron chi connectivity index (χ2n) is 3.47. The molecular formula is C10H10N4. The first-order valence-electron chi connectivity index (χ1n) is 4.50. The SMILES string of the molecule is Cn1ncc2c1ccc1cnn(C)c12. The summed E-state index contributed by atoms with van der Waals surface area (Å²) in [6, 6.07) is 4.15. The minimum Gasteiger partial charge on any atom is -0.268 e. The summed E-state index contributed by atoms with van der Waals surface area (Å²) >= 11 is 0. The maximum Gasteiger partial charge on any atom is 0.0789 e. The molecule has 70 valence electrons. The number of aromatic nitrogens is 4. The summed E-state index contributed by atoms with van der Waals surface area (Å²) in [4.78, 5) is 0. The summed E-state index contributed by atoms with van der Waals surface area (Å²) < 4.78 is 3.76. The van der Waals surface area contributed by atoms with Crippen molar-refractivity contribution in [2.75, 3.05) is 0 Å². The van der Waals surface area contributed by atoms with Gasteiger partial charge in [0.2, 0.25) is 0 Å². The molecule has 0 aliphatic rings. The van der Waals surface area contributed by atoms with Gasteiger partial charge >= 0.3 is 0 Å².